The maximum atomic E-state index is 9.83. The highest BCUT2D eigenvalue weighted by Crippen LogP contribution is 1.95. The Morgan fingerprint density at radius 1 is 1.70 bits per heavy atom. The van der Waals surface area contributed by atoms with E-state index in [-0.39, 0.29) is 0 Å². The summed E-state index contributed by atoms with van der Waals surface area (Å²) in [4.78, 5) is 0. The third kappa shape index (κ3) is 3.61. The topological polar surface area (TPSA) is 94.1 Å². The molecule has 0 amide bonds. The van der Waals surface area contributed by atoms with Crippen LogP contribution in [0.25, 0.3) is 0 Å². The van der Waals surface area contributed by atoms with Crippen molar-refractivity contribution in [1.29, 1.82) is 10.5 Å². The van der Waals surface area contributed by atoms with Gasteiger partial charge in [0.1, 0.15) is 6.07 Å². The van der Waals surface area contributed by atoms with Crippen LogP contribution in [-0.4, -0.2) is 8.76 Å². The van der Waals surface area contributed by atoms with Crippen LogP contribution in [-0.2, 0) is 15.5 Å². The van der Waals surface area contributed by atoms with Gasteiger partial charge in [-0.25, -0.2) is 0 Å². The summed E-state index contributed by atoms with van der Waals surface area (Å²) in [6.45, 7) is 0. The van der Waals surface area contributed by atoms with Gasteiger partial charge in [-0.05, 0) is 0 Å². The van der Waals surface area contributed by atoms with Crippen molar-refractivity contribution in [3.05, 3.63) is 11.8 Å². The summed E-state index contributed by atoms with van der Waals surface area (Å²) in [5, 5.41) is 16.0. The van der Waals surface area contributed by atoms with Crippen LogP contribution in [0.5, 0.6) is 0 Å². The highest BCUT2D eigenvalue weighted by molar-refractivity contribution is 7.74. The largest absolute Gasteiger partial charge is 0.368 e. The van der Waals surface area contributed by atoms with Crippen molar-refractivity contribution in [3.8, 4) is 12.1 Å². The van der Waals surface area contributed by atoms with Gasteiger partial charge in [-0.2, -0.15) is 14.7 Å². The van der Waals surface area contributed by atoms with Crippen molar-refractivity contribution in [2.45, 2.75) is 0 Å². The molecule has 52 valence electrons. The number of rotatable bonds is 2. The van der Waals surface area contributed by atoms with Crippen molar-refractivity contribution in [2.24, 2.45) is 0 Å². The van der Waals surface area contributed by atoms with E-state index in [1.807, 2.05) is 0 Å². The van der Waals surface area contributed by atoms with Gasteiger partial charge in [0.05, 0.1) is 12.1 Å². The molecule has 0 fully saturated rings. The third-order valence-corrected chi connectivity index (χ3v) is 0.789. The van der Waals surface area contributed by atoms with Crippen LogP contribution in [0.3, 0.4) is 0 Å². The molecule has 5 nitrogen and oxygen atoms in total. The van der Waals surface area contributed by atoms with E-state index in [2.05, 4.69) is 4.18 Å². The summed E-state index contributed by atoms with van der Waals surface area (Å²) < 4.78 is 21.8. The Hall–Kier alpha value is -1.37. The van der Waals surface area contributed by atoms with Crippen LogP contribution in [0.15, 0.2) is 11.8 Å². The summed E-state index contributed by atoms with van der Waals surface area (Å²) in [7, 11) is 0. The van der Waals surface area contributed by atoms with E-state index in [1.54, 1.807) is 0 Å². The van der Waals surface area contributed by atoms with E-state index in [9.17, 15) is 4.21 Å². The molecule has 10 heavy (non-hydrogen) atoms. The number of nitriles is 2. The molecular formula is C4H2N2O3S. The monoisotopic (exact) mass is 158 g/mol. The Morgan fingerprint density at radius 3 is 2.60 bits per heavy atom. The zero-order chi connectivity index (χ0) is 7.98. The molecule has 0 saturated carbocycles. The minimum atomic E-state index is -2.54. The minimum Gasteiger partial charge on any atom is -0.368 e. The molecule has 1 N–H and O–H groups in total. The van der Waals surface area contributed by atoms with E-state index < -0.39 is 17.1 Å². The predicted molar refractivity (Wildman–Crippen MR) is 31.2 cm³/mol. The summed E-state index contributed by atoms with van der Waals surface area (Å²) in [5.41, 5.74) is 0. The summed E-state index contributed by atoms with van der Waals surface area (Å²) >= 11 is -2.54. The molecule has 6 heteroatoms. The van der Waals surface area contributed by atoms with E-state index in [4.69, 9.17) is 15.1 Å². The van der Waals surface area contributed by atoms with Crippen molar-refractivity contribution in [1.82, 2.24) is 0 Å². The zero-order valence-electron chi connectivity index (χ0n) is 4.64. The lowest BCUT2D eigenvalue weighted by atomic mass is 10.5. The molecule has 0 aromatic rings. The van der Waals surface area contributed by atoms with E-state index in [0.717, 1.165) is 6.08 Å². The van der Waals surface area contributed by atoms with Crippen molar-refractivity contribution in [2.75, 3.05) is 0 Å². The molecule has 0 radical (unpaired) electrons. The standard InChI is InChI=1S/C4H2N2O3S/c5-2-1-4(3-6)9-10(7)8/h1H,(H,7,8). The lowest BCUT2D eigenvalue weighted by Gasteiger charge is -1.91. The Balaban J connectivity index is 4.17. The molecule has 1 atom stereocenters. The Labute approximate surface area is 59.6 Å². The van der Waals surface area contributed by atoms with E-state index in [1.165, 1.54) is 12.1 Å². The third-order valence-electron chi connectivity index (χ3n) is 0.467. The van der Waals surface area contributed by atoms with Crippen molar-refractivity contribution < 1.29 is 12.9 Å². The number of allylic oxidation sites excluding steroid dienone is 2. The van der Waals surface area contributed by atoms with Gasteiger partial charge in [-0.15, -0.1) is 0 Å². The SMILES string of the molecule is N#CC=C(C#N)OS(=O)O. The van der Waals surface area contributed by atoms with Crippen LogP contribution in [0.2, 0.25) is 0 Å². The number of nitrogens with zero attached hydrogens (tertiary/aromatic N) is 2. The Kier molecular flexibility index (Phi) is 3.89. The zero-order valence-corrected chi connectivity index (χ0v) is 5.46. The highest BCUT2D eigenvalue weighted by atomic mass is 32.2. The van der Waals surface area contributed by atoms with Gasteiger partial charge in [-0.3, -0.25) is 4.55 Å². The second-order valence-electron chi connectivity index (χ2n) is 1.05. The molecule has 0 bridgehead atoms. The first-order valence-electron chi connectivity index (χ1n) is 1.99. The first kappa shape index (κ1) is 8.63. The van der Waals surface area contributed by atoms with Gasteiger partial charge < -0.3 is 4.18 Å². The fraction of sp³-hybridized carbons (Fsp3) is 0. The molecule has 0 aliphatic rings. The van der Waals surface area contributed by atoms with Crippen LogP contribution >= 0.6 is 0 Å². The van der Waals surface area contributed by atoms with Gasteiger partial charge in [0.2, 0.25) is 5.76 Å². The minimum absolute atomic E-state index is 0.483. The van der Waals surface area contributed by atoms with Gasteiger partial charge in [0.15, 0.2) is 0 Å². The van der Waals surface area contributed by atoms with Crippen LogP contribution < -0.4 is 0 Å². The molecule has 0 aromatic heterocycles. The summed E-state index contributed by atoms with van der Waals surface area (Å²) in [6.07, 6.45) is 0.730. The van der Waals surface area contributed by atoms with Crippen molar-refractivity contribution in [3.63, 3.8) is 0 Å². The van der Waals surface area contributed by atoms with Gasteiger partial charge in [0.25, 0.3) is 0 Å². The molecule has 0 aliphatic heterocycles. The fourth-order valence-electron chi connectivity index (χ4n) is 0.210. The number of hydrogen-bond acceptors (Lipinski definition) is 4. The maximum absolute atomic E-state index is 9.83. The molecule has 1 unspecified atom stereocenters. The van der Waals surface area contributed by atoms with Gasteiger partial charge >= 0.3 is 11.4 Å². The maximum Gasteiger partial charge on any atom is 0.358 e. The predicted octanol–water partition coefficient (Wildman–Crippen LogP) is 0.0708. The van der Waals surface area contributed by atoms with Gasteiger partial charge in [0, 0.05) is 0 Å². The summed E-state index contributed by atoms with van der Waals surface area (Å²) in [6, 6.07) is 2.87. The molecule has 0 saturated heterocycles. The molecule has 0 rings (SSSR count). The lowest BCUT2D eigenvalue weighted by molar-refractivity contribution is 0.401. The van der Waals surface area contributed by atoms with E-state index in [0.29, 0.717) is 0 Å². The molecule has 0 heterocycles. The normalized spacial score (nSPS) is 12.9. The molecular weight excluding hydrogens is 156 g/mol. The first-order chi connectivity index (χ1) is 4.70. The van der Waals surface area contributed by atoms with Crippen LogP contribution in [0.4, 0.5) is 0 Å². The smallest absolute Gasteiger partial charge is 0.358 e. The van der Waals surface area contributed by atoms with Gasteiger partial charge in [-0.1, -0.05) is 0 Å². The Morgan fingerprint density at radius 2 is 2.30 bits per heavy atom. The highest BCUT2D eigenvalue weighted by Gasteiger charge is 1.98. The average molecular weight is 158 g/mol. The molecule has 0 spiro atoms. The van der Waals surface area contributed by atoms with Crippen molar-refractivity contribution >= 4 is 11.4 Å². The first-order valence-corrected chi connectivity index (χ1v) is 3.03. The van der Waals surface area contributed by atoms with E-state index >= 15 is 0 Å². The molecule has 0 aliphatic carbocycles. The van der Waals surface area contributed by atoms with Crippen LogP contribution in [0, 0.1) is 22.7 Å². The fourth-order valence-corrected chi connectivity index (χ4v) is 0.449. The Bertz CT molecular complexity index is 246. The lowest BCUT2D eigenvalue weighted by Crippen LogP contribution is -1.92. The molecule has 0 aromatic carbocycles. The summed E-state index contributed by atoms with van der Waals surface area (Å²) in [5.74, 6) is -0.483. The quantitative estimate of drug-likeness (QED) is 0.348. The number of hydrogen-bond donors (Lipinski definition) is 1. The second-order valence-corrected chi connectivity index (χ2v) is 1.65. The second kappa shape index (κ2) is 4.50. The van der Waals surface area contributed by atoms with Crippen LogP contribution in [0.1, 0.15) is 0 Å². The average Bonchev–Trinajstić information content (AvgIpc) is 1.86.